The molecule has 6 aliphatic rings. The fourth-order valence-corrected chi connectivity index (χ4v) is 7.93. The van der Waals surface area contributed by atoms with Gasteiger partial charge in [0, 0.05) is 66.9 Å². The molecular formula is C49H46Cl3F9N6O3. The summed E-state index contributed by atoms with van der Waals surface area (Å²) in [6.07, 6.45) is -7.65. The van der Waals surface area contributed by atoms with Gasteiger partial charge in [0.1, 0.15) is 0 Å². The number of halogens is 12. The van der Waals surface area contributed by atoms with Gasteiger partial charge >= 0.3 is 36.6 Å². The second kappa shape index (κ2) is 20.2. The molecule has 0 aromatic heterocycles. The highest BCUT2D eigenvalue weighted by Crippen LogP contribution is 2.51. The van der Waals surface area contributed by atoms with Gasteiger partial charge in [0.05, 0.1) is 5.69 Å². The van der Waals surface area contributed by atoms with Crippen LogP contribution in [0.3, 0.4) is 0 Å². The van der Waals surface area contributed by atoms with Gasteiger partial charge in [0.2, 0.25) is 16.6 Å². The quantitative estimate of drug-likeness (QED) is 0.130. The molecular weight excluding hydrogens is 998 g/mol. The van der Waals surface area contributed by atoms with Gasteiger partial charge in [-0.1, -0.05) is 97.5 Å². The van der Waals surface area contributed by atoms with Crippen molar-refractivity contribution in [3.63, 3.8) is 0 Å². The van der Waals surface area contributed by atoms with Crippen LogP contribution in [0.15, 0.2) is 54.6 Å². The first-order valence-corrected chi connectivity index (χ1v) is 23.3. The minimum Gasteiger partial charge on any atom is -0.310 e. The van der Waals surface area contributed by atoms with Crippen LogP contribution in [0.4, 0.5) is 71.0 Å². The standard InChI is InChI=1S/2C16H14ClF3N2O.C14H10ClF3N2O.C3H8/c1-2-14(5-6-14)7-8-15(16(18,19)20)11-9-10(17)3-4-12(11)21-13(23)22-15;1-2-22-13-6-5-11(17)9-12(13)15(16(18,19)20,21-14(22)23)8-7-10-3-4-10;15-9-3-4-11-10(7-9)13(14(16,17)18,20-12(21)19-11)6-5-8-1-2-8;1-3-2/h3-4,9H,2,5-6H2,1H3,(H2,21,22,23);5-6,9-10H,2-4H2,1H3,(H,21,23);3-4,7-8H,1-2H2,(H2,19,20,21);3H2,1-2H3/t2*15-;13-;/m000./s1. The van der Waals surface area contributed by atoms with Crippen LogP contribution in [0, 0.1) is 52.8 Å². The molecule has 21 heteroatoms. The van der Waals surface area contributed by atoms with E-state index in [-0.39, 0.29) is 72.6 Å². The molecule has 9 nitrogen and oxygen atoms in total. The van der Waals surface area contributed by atoms with Crippen LogP contribution in [0.2, 0.25) is 15.1 Å². The number of fused-ring (bicyclic) bond motifs is 3. The second-order valence-electron chi connectivity index (χ2n) is 17.3. The number of anilines is 3. The van der Waals surface area contributed by atoms with Crippen molar-refractivity contribution >= 4 is 70.0 Å². The lowest BCUT2D eigenvalue weighted by Crippen LogP contribution is -2.62. The third-order valence-electron chi connectivity index (χ3n) is 11.8. The Morgan fingerprint density at radius 2 is 0.957 bits per heavy atom. The van der Waals surface area contributed by atoms with Crippen molar-refractivity contribution in [1.82, 2.24) is 16.0 Å². The Kier molecular flexibility index (Phi) is 15.5. The molecule has 3 aromatic rings. The monoisotopic (exact) mass is 1040 g/mol. The van der Waals surface area contributed by atoms with E-state index in [1.165, 1.54) is 65.9 Å². The Labute approximate surface area is 413 Å². The summed E-state index contributed by atoms with van der Waals surface area (Å²) < 4.78 is 124. The highest BCUT2D eigenvalue weighted by Gasteiger charge is 2.62. The van der Waals surface area contributed by atoms with E-state index in [9.17, 15) is 53.9 Å². The van der Waals surface area contributed by atoms with E-state index >= 15 is 0 Å². The predicted molar refractivity (Wildman–Crippen MR) is 250 cm³/mol. The van der Waals surface area contributed by atoms with Crippen molar-refractivity contribution < 1.29 is 53.9 Å². The van der Waals surface area contributed by atoms with Crippen LogP contribution in [-0.2, 0) is 16.6 Å². The Bertz CT molecular complexity index is 2720. The zero-order valence-corrected chi connectivity index (χ0v) is 40.2. The fraction of sp³-hybridized carbons (Fsp3) is 0.449. The molecule has 5 N–H and O–H groups in total. The Hall–Kier alpha value is -5.61. The number of alkyl halides is 9. The zero-order valence-electron chi connectivity index (χ0n) is 37.9. The molecule has 3 heterocycles. The summed E-state index contributed by atoms with van der Waals surface area (Å²) in [5.41, 5.74) is -8.76. The second-order valence-corrected chi connectivity index (χ2v) is 18.6. The van der Waals surface area contributed by atoms with Gasteiger partial charge in [0.25, 0.3) is 0 Å². The first kappa shape index (κ1) is 53.7. The van der Waals surface area contributed by atoms with E-state index in [4.69, 9.17) is 34.8 Å². The highest BCUT2D eigenvalue weighted by atomic mass is 35.5. The highest BCUT2D eigenvalue weighted by molar-refractivity contribution is 6.31. The van der Waals surface area contributed by atoms with E-state index in [2.05, 4.69) is 65.3 Å². The summed E-state index contributed by atoms with van der Waals surface area (Å²) in [5.74, 6) is 14.8. The van der Waals surface area contributed by atoms with Crippen molar-refractivity contribution in [2.45, 2.75) is 114 Å². The lowest BCUT2D eigenvalue weighted by atomic mass is 9.85. The average molecular weight is 1040 g/mol. The molecule has 3 atom stereocenters. The Balaban J connectivity index is 0.000000167. The van der Waals surface area contributed by atoms with E-state index in [0.717, 1.165) is 38.5 Å². The predicted octanol–water partition coefficient (Wildman–Crippen LogP) is 13.5. The van der Waals surface area contributed by atoms with Crippen LogP contribution in [-0.4, -0.2) is 43.2 Å². The third kappa shape index (κ3) is 11.3. The molecule has 0 radical (unpaired) electrons. The van der Waals surface area contributed by atoms with Crippen LogP contribution in [0.1, 0.15) is 95.8 Å². The van der Waals surface area contributed by atoms with Crippen molar-refractivity contribution in [2.75, 3.05) is 22.1 Å². The van der Waals surface area contributed by atoms with Crippen molar-refractivity contribution in [3.8, 4) is 35.5 Å². The summed E-state index contributed by atoms with van der Waals surface area (Å²) >= 11 is 17.6. The first-order chi connectivity index (χ1) is 32.7. The molecule has 0 bridgehead atoms. The number of carbonyl (C=O) groups is 3. The number of nitrogens with zero attached hydrogens (tertiary/aromatic N) is 1. The van der Waals surface area contributed by atoms with Crippen molar-refractivity contribution in [1.29, 1.82) is 0 Å². The summed E-state index contributed by atoms with van der Waals surface area (Å²) in [6.45, 7) is 8.08. The van der Waals surface area contributed by atoms with Crippen LogP contribution < -0.4 is 31.5 Å². The van der Waals surface area contributed by atoms with Gasteiger partial charge in [-0.25, -0.2) is 14.4 Å². The molecule has 3 saturated carbocycles. The number of rotatable bonds is 2. The molecule has 3 aromatic carbocycles. The summed E-state index contributed by atoms with van der Waals surface area (Å²) in [5, 5.41) is 11.1. The topological polar surface area (TPSA) is 115 Å². The lowest BCUT2D eigenvalue weighted by molar-refractivity contribution is -0.179. The lowest BCUT2D eigenvalue weighted by Gasteiger charge is -2.41. The van der Waals surface area contributed by atoms with Gasteiger partial charge in [0.15, 0.2) is 0 Å². The molecule has 9 rings (SSSR count). The number of hydrogen-bond donors (Lipinski definition) is 5. The number of benzene rings is 3. The Morgan fingerprint density at radius 3 is 1.33 bits per heavy atom. The van der Waals surface area contributed by atoms with Gasteiger partial charge < -0.3 is 26.6 Å². The molecule has 6 amide bonds. The summed E-state index contributed by atoms with van der Waals surface area (Å²) in [4.78, 5) is 36.8. The molecule has 3 aliphatic heterocycles. The van der Waals surface area contributed by atoms with E-state index in [1.54, 1.807) is 6.92 Å². The maximum atomic E-state index is 13.9. The summed E-state index contributed by atoms with van der Waals surface area (Å²) in [6, 6.07) is 9.35. The molecule has 70 heavy (non-hydrogen) atoms. The molecule has 0 spiro atoms. The Morgan fingerprint density at radius 1 is 0.571 bits per heavy atom. The number of nitrogens with one attached hydrogen (secondary N) is 5. The SMILES string of the molecule is CCC.CCC1(C#C[C@]2(C(F)(F)F)NC(=O)Nc3ccc(Cl)cc32)CC1.CCN1C(=O)N[C@](C#CC2CC2)(C(F)(F)F)c2cc(Cl)ccc21.O=C1Nc2ccc(Cl)cc2[C@@](C#CC2CC2)(C(F)(F)F)N1. The van der Waals surface area contributed by atoms with E-state index in [1.807, 2.05) is 17.6 Å². The average Bonchev–Trinajstić information content (AvgIpc) is 4.13. The fourth-order valence-electron chi connectivity index (χ4n) is 7.42. The van der Waals surface area contributed by atoms with Crippen molar-refractivity contribution in [2.24, 2.45) is 17.3 Å². The van der Waals surface area contributed by atoms with Gasteiger partial charge in [-0.15, -0.1) is 0 Å². The minimum absolute atomic E-state index is 0.0290. The van der Waals surface area contributed by atoms with Gasteiger partial charge in [-0.2, -0.15) is 39.5 Å². The van der Waals surface area contributed by atoms with Crippen LogP contribution in [0.5, 0.6) is 0 Å². The molecule has 0 saturated heterocycles. The molecule has 3 fully saturated rings. The third-order valence-corrected chi connectivity index (χ3v) is 12.5. The largest absolute Gasteiger partial charge is 0.427 e. The molecule has 3 aliphatic carbocycles. The van der Waals surface area contributed by atoms with E-state index in [0.29, 0.717) is 6.42 Å². The van der Waals surface area contributed by atoms with Crippen LogP contribution in [0.25, 0.3) is 0 Å². The molecule has 0 unspecified atom stereocenters. The number of urea groups is 3. The zero-order chi connectivity index (χ0) is 51.7. The summed E-state index contributed by atoms with van der Waals surface area (Å²) in [7, 11) is 0. The minimum atomic E-state index is -4.78. The smallest absolute Gasteiger partial charge is 0.310 e. The van der Waals surface area contributed by atoms with Crippen LogP contribution >= 0.6 is 34.8 Å². The van der Waals surface area contributed by atoms with E-state index < -0.39 is 53.2 Å². The molecule has 374 valence electrons. The van der Waals surface area contributed by atoms with Gasteiger partial charge in [-0.3, -0.25) is 4.90 Å². The van der Waals surface area contributed by atoms with Gasteiger partial charge in [-0.05, 0) is 106 Å². The maximum absolute atomic E-state index is 13.9. The number of amides is 6. The number of carbonyl (C=O) groups excluding carboxylic acids is 3. The normalized spacial score (nSPS) is 23.4. The first-order valence-electron chi connectivity index (χ1n) is 22.2. The number of hydrogen-bond acceptors (Lipinski definition) is 3. The van der Waals surface area contributed by atoms with Crippen molar-refractivity contribution in [3.05, 3.63) is 86.4 Å². The maximum Gasteiger partial charge on any atom is 0.427 e.